The summed E-state index contributed by atoms with van der Waals surface area (Å²) in [7, 11) is 0. The van der Waals surface area contributed by atoms with Crippen molar-refractivity contribution in [3.05, 3.63) is 54.0 Å². The molecule has 21 heavy (non-hydrogen) atoms. The fourth-order valence-corrected chi connectivity index (χ4v) is 1.81. The molecule has 0 aliphatic rings. The van der Waals surface area contributed by atoms with Gasteiger partial charge in [-0.3, -0.25) is 4.79 Å². The summed E-state index contributed by atoms with van der Waals surface area (Å²) in [5, 5.41) is 9.43. The summed E-state index contributed by atoms with van der Waals surface area (Å²) < 4.78 is 0. The molecule has 0 radical (unpaired) electrons. The molecule has 4 nitrogen and oxygen atoms in total. The van der Waals surface area contributed by atoms with Gasteiger partial charge in [-0.2, -0.15) is 0 Å². The molecule has 1 aromatic rings. The summed E-state index contributed by atoms with van der Waals surface area (Å²) in [6, 6.07) is 3.85. The summed E-state index contributed by atoms with van der Waals surface area (Å²) in [6.07, 6.45) is 6.08. The van der Waals surface area contributed by atoms with Crippen molar-refractivity contribution in [3.8, 4) is 0 Å². The molecule has 0 spiro atoms. The van der Waals surface area contributed by atoms with Gasteiger partial charge in [0.15, 0.2) is 5.78 Å². The number of aliphatic hydroxyl groups excluding tert-OH is 1. The van der Waals surface area contributed by atoms with E-state index in [-0.39, 0.29) is 17.1 Å². The smallest absolute Gasteiger partial charge is 0.185 e. The first-order valence-electron chi connectivity index (χ1n) is 6.99. The molecule has 0 aliphatic carbocycles. The second-order valence-electron chi connectivity index (χ2n) is 4.53. The van der Waals surface area contributed by atoms with Gasteiger partial charge in [0, 0.05) is 24.9 Å². The van der Waals surface area contributed by atoms with Gasteiger partial charge in [0.1, 0.15) is 11.6 Å². The summed E-state index contributed by atoms with van der Waals surface area (Å²) in [5.74, 6) is 0.573. The minimum atomic E-state index is -0.250. The molecule has 0 atom stereocenters. The highest BCUT2D eigenvalue weighted by Gasteiger charge is 2.05. The van der Waals surface area contributed by atoms with E-state index in [1.807, 2.05) is 12.1 Å². The zero-order chi connectivity index (χ0) is 15.8. The Morgan fingerprint density at radius 1 is 1.38 bits per heavy atom. The van der Waals surface area contributed by atoms with Gasteiger partial charge in [-0.25, -0.2) is 4.98 Å². The number of carbonyl (C=O) groups excluding carboxylic acids is 1. The van der Waals surface area contributed by atoms with Crippen LogP contribution in [0, 0.1) is 0 Å². The third-order valence-electron chi connectivity index (χ3n) is 3.23. The minimum absolute atomic E-state index is 0.0975. The number of hydrogen-bond acceptors (Lipinski definition) is 4. The highest BCUT2D eigenvalue weighted by molar-refractivity contribution is 6.06. The number of ketones is 1. The monoisotopic (exact) mass is 286 g/mol. The first-order chi connectivity index (χ1) is 10.0. The molecule has 0 aliphatic heterocycles. The molecule has 0 aromatic carbocycles. The maximum Gasteiger partial charge on any atom is 0.185 e. The molecule has 112 valence electrons. The molecular formula is C17H22N2O2. The van der Waals surface area contributed by atoms with Crippen LogP contribution in [0.2, 0.25) is 0 Å². The highest BCUT2D eigenvalue weighted by Crippen LogP contribution is 2.12. The van der Waals surface area contributed by atoms with Gasteiger partial charge in [-0.1, -0.05) is 6.58 Å². The van der Waals surface area contributed by atoms with Crippen molar-refractivity contribution in [1.82, 2.24) is 4.98 Å². The number of allylic oxidation sites excluding steroid dienone is 3. The lowest BCUT2D eigenvalue weighted by Crippen LogP contribution is -2.22. The van der Waals surface area contributed by atoms with E-state index in [0.29, 0.717) is 0 Å². The average Bonchev–Trinajstić information content (AvgIpc) is 2.53. The molecule has 1 rings (SSSR count). The van der Waals surface area contributed by atoms with Crippen LogP contribution in [0.1, 0.15) is 26.3 Å². The van der Waals surface area contributed by atoms with Crippen LogP contribution in [0.15, 0.2) is 48.4 Å². The summed E-state index contributed by atoms with van der Waals surface area (Å²) in [4.78, 5) is 18.3. The maximum atomic E-state index is 11.8. The lowest BCUT2D eigenvalue weighted by atomic mass is 10.1. The van der Waals surface area contributed by atoms with E-state index in [1.165, 1.54) is 12.2 Å². The van der Waals surface area contributed by atoms with Crippen molar-refractivity contribution in [1.29, 1.82) is 0 Å². The second-order valence-corrected chi connectivity index (χ2v) is 4.53. The lowest BCUT2D eigenvalue weighted by molar-refractivity contribution is -0.111. The molecule has 1 aromatic heterocycles. The molecular weight excluding hydrogens is 264 g/mol. The normalized spacial score (nSPS) is 12.1. The van der Waals surface area contributed by atoms with E-state index < -0.39 is 0 Å². The van der Waals surface area contributed by atoms with Crippen LogP contribution in [0.25, 0.3) is 6.08 Å². The number of nitrogens with zero attached hydrogens (tertiary/aromatic N) is 2. The maximum absolute atomic E-state index is 11.8. The van der Waals surface area contributed by atoms with Crippen LogP contribution in [0.3, 0.4) is 0 Å². The molecule has 0 saturated heterocycles. The van der Waals surface area contributed by atoms with Crippen molar-refractivity contribution in [2.75, 3.05) is 18.0 Å². The Kier molecular flexibility index (Phi) is 6.40. The Morgan fingerprint density at radius 2 is 2.05 bits per heavy atom. The van der Waals surface area contributed by atoms with Gasteiger partial charge in [0.2, 0.25) is 0 Å². The van der Waals surface area contributed by atoms with Gasteiger partial charge < -0.3 is 10.0 Å². The van der Waals surface area contributed by atoms with Crippen molar-refractivity contribution >= 4 is 17.7 Å². The molecule has 0 unspecified atom stereocenters. The Hall–Kier alpha value is -2.36. The van der Waals surface area contributed by atoms with Crippen LogP contribution in [-0.2, 0) is 4.79 Å². The Morgan fingerprint density at radius 3 is 2.52 bits per heavy atom. The second kappa shape index (κ2) is 8.04. The molecule has 1 heterocycles. The van der Waals surface area contributed by atoms with Crippen LogP contribution in [-0.4, -0.2) is 29.0 Å². The predicted molar refractivity (Wildman–Crippen MR) is 87.4 cm³/mol. The number of aliphatic hydroxyl groups is 1. The standard InChI is InChI=1S/C17H22N2O2/c1-5-15(20)13(4)16(21)10-8-14-9-11-17(18-12-14)19(6-2)7-3/h5,8-12,20H,1,6-7H2,2-4H3/b10-8+,15-13-. The third kappa shape index (κ3) is 4.60. The van der Waals surface area contributed by atoms with E-state index in [1.54, 1.807) is 19.2 Å². The summed E-state index contributed by atoms with van der Waals surface area (Å²) >= 11 is 0. The first-order valence-corrected chi connectivity index (χ1v) is 6.99. The third-order valence-corrected chi connectivity index (χ3v) is 3.23. The molecule has 4 heteroatoms. The van der Waals surface area contributed by atoms with Crippen molar-refractivity contribution in [2.24, 2.45) is 0 Å². The Labute approximate surface area is 126 Å². The summed E-state index contributed by atoms with van der Waals surface area (Å²) in [5.41, 5.74) is 1.11. The van der Waals surface area contributed by atoms with E-state index in [0.717, 1.165) is 24.5 Å². The number of anilines is 1. The zero-order valence-corrected chi connectivity index (χ0v) is 12.8. The topological polar surface area (TPSA) is 53.4 Å². The van der Waals surface area contributed by atoms with Gasteiger partial charge in [0.05, 0.1) is 0 Å². The van der Waals surface area contributed by atoms with Gasteiger partial charge in [-0.15, -0.1) is 0 Å². The number of carbonyl (C=O) groups is 1. The zero-order valence-electron chi connectivity index (χ0n) is 12.8. The van der Waals surface area contributed by atoms with Crippen molar-refractivity contribution in [2.45, 2.75) is 20.8 Å². The number of pyridine rings is 1. The predicted octanol–water partition coefficient (Wildman–Crippen LogP) is 3.53. The van der Waals surface area contributed by atoms with E-state index >= 15 is 0 Å². The Balaban J connectivity index is 2.83. The largest absolute Gasteiger partial charge is 0.508 e. The first kappa shape index (κ1) is 16.7. The van der Waals surface area contributed by atoms with Crippen molar-refractivity contribution in [3.63, 3.8) is 0 Å². The average molecular weight is 286 g/mol. The molecule has 0 amide bonds. The molecule has 0 fully saturated rings. The molecule has 1 N–H and O–H groups in total. The van der Waals surface area contributed by atoms with E-state index in [2.05, 4.69) is 30.3 Å². The van der Waals surface area contributed by atoms with Crippen LogP contribution < -0.4 is 4.90 Å². The van der Waals surface area contributed by atoms with Gasteiger partial charge >= 0.3 is 0 Å². The number of aromatic nitrogens is 1. The molecule has 0 saturated carbocycles. The SMILES string of the molecule is C=C/C(O)=C(\C)C(=O)/C=C/c1ccc(N(CC)CC)nc1. The van der Waals surface area contributed by atoms with Gasteiger partial charge in [-0.05, 0) is 56.7 Å². The highest BCUT2D eigenvalue weighted by atomic mass is 16.3. The van der Waals surface area contributed by atoms with Gasteiger partial charge in [0.25, 0.3) is 0 Å². The van der Waals surface area contributed by atoms with E-state index in [4.69, 9.17) is 0 Å². The Bertz CT molecular complexity index is 553. The fraction of sp³-hybridized carbons (Fsp3) is 0.294. The van der Waals surface area contributed by atoms with Crippen LogP contribution in [0.5, 0.6) is 0 Å². The van der Waals surface area contributed by atoms with E-state index in [9.17, 15) is 9.90 Å². The number of rotatable bonds is 7. The van der Waals surface area contributed by atoms with Crippen LogP contribution >= 0.6 is 0 Å². The number of hydrogen-bond donors (Lipinski definition) is 1. The minimum Gasteiger partial charge on any atom is -0.508 e. The quantitative estimate of drug-likeness (QED) is 0.473. The summed E-state index contributed by atoms with van der Waals surface area (Å²) in [6.45, 7) is 11.0. The van der Waals surface area contributed by atoms with Crippen LogP contribution in [0.4, 0.5) is 5.82 Å². The van der Waals surface area contributed by atoms with Crippen molar-refractivity contribution < 1.29 is 9.90 Å². The fourth-order valence-electron chi connectivity index (χ4n) is 1.81. The molecule has 0 bridgehead atoms. The lowest BCUT2D eigenvalue weighted by Gasteiger charge is -2.19.